The molecule has 3 nitrogen and oxygen atoms in total. The van der Waals surface area contributed by atoms with Gasteiger partial charge in [0.1, 0.15) is 0 Å². The van der Waals surface area contributed by atoms with Crippen molar-refractivity contribution in [2.75, 3.05) is 0 Å². The van der Waals surface area contributed by atoms with Gasteiger partial charge in [-0.2, -0.15) is 8.42 Å². The van der Waals surface area contributed by atoms with Gasteiger partial charge in [0.2, 0.25) is 0 Å². The zero-order chi connectivity index (χ0) is 10.5. The third-order valence-corrected chi connectivity index (χ3v) is 2.39. The average Bonchev–Trinajstić information content (AvgIpc) is 2.07. The number of hydrogen-bond acceptors (Lipinski definition) is 2. The second-order valence-corrected chi connectivity index (χ2v) is 3.63. The highest BCUT2D eigenvalue weighted by Gasteiger charge is 2.10. The summed E-state index contributed by atoms with van der Waals surface area (Å²) in [5.74, 6) is 0. The Labute approximate surface area is 78.5 Å². The second kappa shape index (κ2) is 4.79. The minimum atomic E-state index is -4.03. The molecule has 1 aromatic carbocycles. The molecule has 0 atom stereocenters. The van der Waals surface area contributed by atoms with Gasteiger partial charge >= 0.3 is 0 Å². The highest BCUT2D eigenvalue weighted by atomic mass is 32.2. The summed E-state index contributed by atoms with van der Waals surface area (Å²) in [5.41, 5.74) is 0.551. The number of benzene rings is 1. The molecular weight excluding hydrogens is 188 g/mol. The van der Waals surface area contributed by atoms with Crippen LogP contribution in [0.15, 0.2) is 42.3 Å². The highest BCUT2D eigenvalue weighted by molar-refractivity contribution is 7.85. The Kier molecular flexibility index (Phi) is 4.37. The lowest BCUT2D eigenvalue weighted by molar-refractivity contribution is 0.482. The summed E-state index contributed by atoms with van der Waals surface area (Å²) in [6.45, 7) is 7.63. The van der Waals surface area contributed by atoms with Crippen molar-refractivity contribution < 1.29 is 13.0 Å². The van der Waals surface area contributed by atoms with E-state index in [0.29, 0.717) is 5.56 Å². The first-order chi connectivity index (χ1) is 6.02. The van der Waals surface area contributed by atoms with E-state index in [4.69, 9.17) is 4.55 Å². The molecule has 0 bridgehead atoms. The molecule has 1 rings (SSSR count). The van der Waals surface area contributed by atoms with E-state index in [1.165, 1.54) is 6.07 Å². The standard InChI is InChI=1S/C7H8O3S.C2H4/c1-6-4-2-3-5-7(6)11(8,9)10;1-2/h2-5H,1H3,(H,8,9,10);1-2H2. The lowest BCUT2D eigenvalue weighted by Gasteiger charge is -1.99. The van der Waals surface area contributed by atoms with Crippen LogP contribution in [0.25, 0.3) is 0 Å². The van der Waals surface area contributed by atoms with Crippen molar-refractivity contribution in [1.29, 1.82) is 0 Å². The van der Waals surface area contributed by atoms with Crippen LogP contribution in [0, 0.1) is 6.92 Å². The fraction of sp³-hybridized carbons (Fsp3) is 0.111. The van der Waals surface area contributed by atoms with Crippen LogP contribution in [0.2, 0.25) is 0 Å². The molecule has 0 unspecified atom stereocenters. The van der Waals surface area contributed by atoms with Gasteiger partial charge in [-0.25, -0.2) is 0 Å². The molecule has 0 fully saturated rings. The molecule has 0 heterocycles. The van der Waals surface area contributed by atoms with Crippen LogP contribution < -0.4 is 0 Å². The van der Waals surface area contributed by atoms with E-state index in [1.54, 1.807) is 25.1 Å². The molecule has 0 aliphatic rings. The largest absolute Gasteiger partial charge is 0.294 e. The molecule has 0 amide bonds. The Balaban J connectivity index is 0.000000671. The van der Waals surface area contributed by atoms with E-state index < -0.39 is 10.1 Å². The molecule has 13 heavy (non-hydrogen) atoms. The predicted octanol–water partition coefficient (Wildman–Crippen LogP) is 2.04. The summed E-state index contributed by atoms with van der Waals surface area (Å²) in [7, 11) is -4.03. The molecule has 0 saturated heterocycles. The van der Waals surface area contributed by atoms with Gasteiger partial charge in [0.25, 0.3) is 10.1 Å². The summed E-state index contributed by atoms with van der Waals surface area (Å²) in [6, 6.07) is 6.27. The minimum absolute atomic E-state index is 0.0278. The third-order valence-electron chi connectivity index (χ3n) is 1.37. The van der Waals surface area contributed by atoms with Crippen molar-refractivity contribution in [2.45, 2.75) is 11.8 Å². The lowest BCUT2D eigenvalue weighted by Crippen LogP contribution is -1.99. The van der Waals surface area contributed by atoms with E-state index in [0.717, 1.165) is 0 Å². The van der Waals surface area contributed by atoms with E-state index in [-0.39, 0.29) is 4.90 Å². The Bertz CT molecular complexity index is 368. The maximum absolute atomic E-state index is 10.6. The summed E-state index contributed by atoms with van der Waals surface area (Å²) in [5, 5.41) is 0. The van der Waals surface area contributed by atoms with Gasteiger partial charge in [-0.15, -0.1) is 13.2 Å². The Hall–Kier alpha value is -1.13. The van der Waals surface area contributed by atoms with Gasteiger partial charge in [-0.1, -0.05) is 18.2 Å². The SMILES string of the molecule is C=C.Cc1ccccc1S(=O)(=O)O. The first kappa shape index (κ1) is 11.9. The molecule has 4 heteroatoms. The maximum atomic E-state index is 10.6. The van der Waals surface area contributed by atoms with Crippen molar-refractivity contribution in [3.63, 3.8) is 0 Å². The fourth-order valence-electron chi connectivity index (χ4n) is 0.846. The molecular formula is C9H12O3S. The molecule has 0 spiro atoms. The molecule has 1 N–H and O–H groups in total. The third kappa shape index (κ3) is 3.40. The topological polar surface area (TPSA) is 54.4 Å². The van der Waals surface area contributed by atoms with Crippen LogP contribution in [0.5, 0.6) is 0 Å². The van der Waals surface area contributed by atoms with Crippen LogP contribution in [0.4, 0.5) is 0 Å². The Morgan fingerprint density at radius 2 is 1.69 bits per heavy atom. The molecule has 0 aromatic heterocycles. The predicted molar refractivity (Wildman–Crippen MR) is 52.2 cm³/mol. The van der Waals surface area contributed by atoms with Crippen molar-refractivity contribution >= 4 is 10.1 Å². The van der Waals surface area contributed by atoms with Crippen LogP contribution in [0.3, 0.4) is 0 Å². The van der Waals surface area contributed by atoms with E-state index in [1.807, 2.05) is 0 Å². The molecule has 0 aliphatic carbocycles. The highest BCUT2D eigenvalue weighted by Crippen LogP contribution is 2.12. The zero-order valence-corrected chi connectivity index (χ0v) is 8.21. The quantitative estimate of drug-likeness (QED) is 0.557. The van der Waals surface area contributed by atoms with Crippen molar-refractivity contribution in [3.8, 4) is 0 Å². The van der Waals surface area contributed by atoms with E-state index in [2.05, 4.69) is 13.2 Å². The monoisotopic (exact) mass is 200 g/mol. The normalized spacial score (nSPS) is 10.0. The van der Waals surface area contributed by atoms with E-state index >= 15 is 0 Å². The smallest absolute Gasteiger partial charge is 0.282 e. The second-order valence-electron chi connectivity index (χ2n) is 2.24. The van der Waals surface area contributed by atoms with Crippen LogP contribution in [0.1, 0.15) is 5.56 Å². The summed E-state index contributed by atoms with van der Waals surface area (Å²) in [4.78, 5) is -0.0278. The Morgan fingerprint density at radius 3 is 2.00 bits per heavy atom. The minimum Gasteiger partial charge on any atom is -0.282 e. The van der Waals surface area contributed by atoms with Gasteiger partial charge in [0.15, 0.2) is 0 Å². The number of hydrogen-bond donors (Lipinski definition) is 1. The number of rotatable bonds is 1. The van der Waals surface area contributed by atoms with Crippen molar-refractivity contribution in [2.24, 2.45) is 0 Å². The summed E-state index contributed by atoms with van der Waals surface area (Å²) >= 11 is 0. The fourth-order valence-corrected chi connectivity index (χ4v) is 1.57. The van der Waals surface area contributed by atoms with Crippen molar-refractivity contribution in [3.05, 3.63) is 43.0 Å². The lowest BCUT2D eigenvalue weighted by atomic mass is 10.2. The number of aryl methyl sites for hydroxylation is 1. The molecule has 0 radical (unpaired) electrons. The Morgan fingerprint density at radius 1 is 1.23 bits per heavy atom. The summed E-state index contributed by atoms with van der Waals surface area (Å²) in [6.07, 6.45) is 0. The van der Waals surface area contributed by atoms with Gasteiger partial charge in [0.05, 0.1) is 4.90 Å². The van der Waals surface area contributed by atoms with Gasteiger partial charge in [-0.3, -0.25) is 4.55 Å². The van der Waals surface area contributed by atoms with Gasteiger partial charge in [0, 0.05) is 0 Å². The molecule has 0 saturated carbocycles. The van der Waals surface area contributed by atoms with Crippen LogP contribution in [-0.2, 0) is 10.1 Å². The summed E-state index contributed by atoms with van der Waals surface area (Å²) < 4.78 is 29.9. The van der Waals surface area contributed by atoms with Crippen molar-refractivity contribution in [1.82, 2.24) is 0 Å². The molecule has 0 aliphatic heterocycles. The van der Waals surface area contributed by atoms with E-state index in [9.17, 15) is 8.42 Å². The van der Waals surface area contributed by atoms with Gasteiger partial charge < -0.3 is 0 Å². The molecule has 1 aromatic rings. The van der Waals surface area contributed by atoms with Gasteiger partial charge in [-0.05, 0) is 18.6 Å². The molecule has 72 valence electrons. The van der Waals surface area contributed by atoms with Crippen LogP contribution in [-0.4, -0.2) is 13.0 Å². The first-order valence-electron chi connectivity index (χ1n) is 3.55. The maximum Gasteiger partial charge on any atom is 0.294 e. The average molecular weight is 200 g/mol. The first-order valence-corrected chi connectivity index (χ1v) is 4.99. The zero-order valence-electron chi connectivity index (χ0n) is 7.40. The van der Waals surface area contributed by atoms with Crippen LogP contribution >= 0.6 is 0 Å².